The highest BCUT2D eigenvalue weighted by Crippen LogP contribution is 2.31. The van der Waals surface area contributed by atoms with Gasteiger partial charge in [0.05, 0.1) is 5.69 Å². The highest BCUT2D eigenvalue weighted by Gasteiger charge is 2.27. The highest BCUT2D eigenvalue weighted by atomic mass is 19.1. The number of carbonyl (C=O) groups excluding carboxylic acids is 1. The minimum atomic E-state index is -0.654. The van der Waals surface area contributed by atoms with Gasteiger partial charge in [-0.2, -0.15) is 0 Å². The second-order valence-electron chi connectivity index (χ2n) is 5.55. The SMILES string of the molecule is Cc1cncc(CCC(=O)N2CCc3c(F)cc(F)cc32)c1. The van der Waals surface area contributed by atoms with Crippen LogP contribution in [-0.2, 0) is 17.6 Å². The van der Waals surface area contributed by atoms with E-state index in [1.165, 1.54) is 11.0 Å². The molecule has 1 amide bonds. The van der Waals surface area contributed by atoms with Gasteiger partial charge in [0.15, 0.2) is 0 Å². The standard InChI is InChI=1S/C17H16F2N2O/c1-11-6-12(10-20-9-11)2-3-17(22)21-5-4-14-15(19)7-13(18)8-16(14)21/h6-10H,2-5H2,1H3. The minimum Gasteiger partial charge on any atom is -0.312 e. The number of benzene rings is 1. The molecule has 0 saturated heterocycles. The van der Waals surface area contributed by atoms with Crippen LogP contribution in [0.2, 0.25) is 0 Å². The molecule has 0 saturated carbocycles. The van der Waals surface area contributed by atoms with Gasteiger partial charge in [-0.3, -0.25) is 9.78 Å². The van der Waals surface area contributed by atoms with Crippen molar-refractivity contribution in [2.45, 2.75) is 26.2 Å². The average Bonchev–Trinajstić information content (AvgIpc) is 2.89. The number of aryl methyl sites for hydroxylation is 2. The van der Waals surface area contributed by atoms with Crippen molar-refractivity contribution in [2.24, 2.45) is 0 Å². The Hall–Kier alpha value is -2.30. The van der Waals surface area contributed by atoms with Crippen LogP contribution in [0.25, 0.3) is 0 Å². The summed E-state index contributed by atoms with van der Waals surface area (Å²) in [6, 6.07) is 4.08. The van der Waals surface area contributed by atoms with E-state index in [0.717, 1.165) is 17.2 Å². The number of carbonyl (C=O) groups is 1. The Labute approximate surface area is 127 Å². The van der Waals surface area contributed by atoms with E-state index >= 15 is 0 Å². The van der Waals surface area contributed by atoms with Crippen molar-refractivity contribution in [1.29, 1.82) is 0 Å². The lowest BCUT2D eigenvalue weighted by atomic mass is 10.1. The third kappa shape index (κ3) is 2.84. The summed E-state index contributed by atoms with van der Waals surface area (Å²) in [7, 11) is 0. The quantitative estimate of drug-likeness (QED) is 0.872. The number of aromatic nitrogens is 1. The van der Waals surface area contributed by atoms with E-state index in [1.807, 2.05) is 13.0 Å². The van der Waals surface area contributed by atoms with Gasteiger partial charge in [0.2, 0.25) is 5.91 Å². The fourth-order valence-electron chi connectivity index (χ4n) is 2.82. The zero-order valence-electron chi connectivity index (χ0n) is 12.3. The van der Waals surface area contributed by atoms with Crippen molar-refractivity contribution in [3.63, 3.8) is 0 Å². The predicted octanol–water partition coefficient (Wildman–Crippen LogP) is 3.19. The molecule has 0 N–H and O–H groups in total. The molecule has 5 heteroatoms. The van der Waals surface area contributed by atoms with Gasteiger partial charge in [0, 0.05) is 37.0 Å². The minimum absolute atomic E-state index is 0.120. The lowest BCUT2D eigenvalue weighted by molar-refractivity contribution is -0.118. The Morgan fingerprint density at radius 3 is 2.86 bits per heavy atom. The summed E-state index contributed by atoms with van der Waals surface area (Å²) in [5, 5.41) is 0. The number of nitrogens with zero attached hydrogens (tertiary/aromatic N) is 2. The summed E-state index contributed by atoms with van der Waals surface area (Å²) in [5.74, 6) is -1.35. The lowest BCUT2D eigenvalue weighted by Gasteiger charge is -2.17. The van der Waals surface area contributed by atoms with E-state index in [4.69, 9.17) is 0 Å². The molecule has 0 aliphatic carbocycles. The van der Waals surface area contributed by atoms with Gasteiger partial charge in [-0.25, -0.2) is 8.78 Å². The van der Waals surface area contributed by atoms with Crippen molar-refractivity contribution in [1.82, 2.24) is 4.98 Å². The van der Waals surface area contributed by atoms with Crippen molar-refractivity contribution in [3.8, 4) is 0 Å². The third-order valence-corrected chi connectivity index (χ3v) is 3.87. The number of pyridine rings is 1. The van der Waals surface area contributed by atoms with Crippen LogP contribution in [0.3, 0.4) is 0 Å². The summed E-state index contributed by atoms with van der Waals surface area (Å²) in [6.07, 6.45) is 4.78. The number of halogens is 2. The fourth-order valence-corrected chi connectivity index (χ4v) is 2.82. The molecular formula is C17H16F2N2O. The van der Waals surface area contributed by atoms with Gasteiger partial charge >= 0.3 is 0 Å². The Balaban J connectivity index is 1.73. The van der Waals surface area contributed by atoms with Crippen molar-refractivity contribution in [2.75, 3.05) is 11.4 Å². The van der Waals surface area contributed by atoms with Gasteiger partial charge in [-0.05, 0) is 37.0 Å². The Morgan fingerprint density at radius 1 is 1.27 bits per heavy atom. The summed E-state index contributed by atoms with van der Waals surface area (Å²) in [4.78, 5) is 17.9. The van der Waals surface area contributed by atoms with E-state index in [2.05, 4.69) is 4.98 Å². The normalized spacial score (nSPS) is 13.3. The Kier molecular flexibility index (Phi) is 3.88. The first-order valence-electron chi connectivity index (χ1n) is 7.23. The van der Waals surface area contributed by atoms with Crippen LogP contribution < -0.4 is 4.90 Å². The van der Waals surface area contributed by atoms with Gasteiger partial charge in [-0.15, -0.1) is 0 Å². The van der Waals surface area contributed by atoms with Crippen molar-refractivity contribution in [3.05, 3.63) is 58.9 Å². The maximum atomic E-state index is 13.7. The number of hydrogen-bond donors (Lipinski definition) is 0. The monoisotopic (exact) mass is 302 g/mol. The summed E-state index contributed by atoms with van der Waals surface area (Å²) in [6.45, 7) is 2.35. The fraction of sp³-hybridized carbons (Fsp3) is 0.294. The molecule has 1 aromatic carbocycles. The van der Waals surface area contributed by atoms with Crippen LogP contribution in [0.5, 0.6) is 0 Å². The molecule has 0 atom stereocenters. The molecule has 114 valence electrons. The highest BCUT2D eigenvalue weighted by molar-refractivity contribution is 5.95. The molecule has 0 fully saturated rings. The van der Waals surface area contributed by atoms with Crippen LogP contribution in [0, 0.1) is 18.6 Å². The van der Waals surface area contributed by atoms with E-state index in [0.29, 0.717) is 37.1 Å². The molecule has 0 spiro atoms. The first kappa shape index (κ1) is 14.6. The second kappa shape index (κ2) is 5.83. The van der Waals surface area contributed by atoms with E-state index in [9.17, 15) is 13.6 Å². The van der Waals surface area contributed by atoms with Gasteiger partial charge in [0.1, 0.15) is 11.6 Å². The number of fused-ring (bicyclic) bond motifs is 1. The zero-order valence-corrected chi connectivity index (χ0v) is 12.3. The van der Waals surface area contributed by atoms with Crippen molar-refractivity contribution < 1.29 is 13.6 Å². The van der Waals surface area contributed by atoms with E-state index in [1.54, 1.807) is 12.4 Å². The first-order chi connectivity index (χ1) is 10.5. The van der Waals surface area contributed by atoms with Gasteiger partial charge in [-0.1, -0.05) is 6.07 Å². The molecule has 2 heterocycles. The molecular weight excluding hydrogens is 286 g/mol. The number of anilines is 1. The van der Waals surface area contributed by atoms with Crippen LogP contribution in [0.15, 0.2) is 30.6 Å². The zero-order chi connectivity index (χ0) is 15.7. The topological polar surface area (TPSA) is 33.2 Å². The number of hydrogen-bond acceptors (Lipinski definition) is 2. The van der Waals surface area contributed by atoms with Gasteiger partial charge < -0.3 is 4.90 Å². The summed E-state index contributed by atoms with van der Waals surface area (Å²) < 4.78 is 27.1. The molecule has 22 heavy (non-hydrogen) atoms. The maximum Gasteiger partial charge on any atom is 0.227 e. The summed E-state index contributed by atoms with van der Waals surface area (Å²) in [5.41, 5.74) is 2.82. The molecule has 1 aliphatic heterocycles. The molecule has 3 rings (SSSR count). The molecule has 1 aromatic heterocycles. The molecule has 0 unspecified atom stereocenters. The maximum absolute atomic E-state index is 13.7. The van der Waals surface area contributed by atoms with Crippen LogP contribution in [0.1, 0.15) is 23.1 Å². The number of amides is 1. The van der Waals surface area contributed by atoms with E-state index in [-0.39, 0.29) is 5.91 Å². The molecule has 1 aliphatic rings. The molecule has 0 bridgehead atoms. The number of rotatable bonds is 3. The largest absolute Gasteiger partial charge is 0.312 e. The first-order valence-corrected chi connectivity index (χ1v) is 7.23. The second-order valence-corrected chi connectivity index (χ2v) is 5.55. The molecule has 3 nitrogen and oxygen atoms in total. The van der Waals surface area contributed by atoms with Crippen LogP contribution in [0.4, 0.5) is 14.5 Å². The molecule has 2 aromatic rings. The Bertz CT molecular complexity index is 731. The predicted molar refractivity (Wildman–Crippen MR) is 79.7 cm³/mol. The van der Waals surface area contributed by atoms with Crippen molar-refractivity contribution >= 4 is 11.6 Å². The molecule has 0 radical (unpaired) electrons. The Morgan fingerprint density at radius 2 is 2.09 bits per heavy atom. The summed E-state index contributed by atoms with van der Waals surface area (Å²) >= 11 is 0. The van der Waals surface area contributed by atoms with Crippen LogP contribution >= 0.6 is 0 Å². The van der Waals surface area contributed by atoms with E-state index < -0.39 is 11.6 Å². The smallest absolute Gasteiger partial charge is 0.227 e. The van der Waals surface area contributed by atoms with Gasteiger partial charge in [0.25, 0.3) is 0 Å². The third-order valence-electron chi connectivity index (χ3n) is 3.87. The average molecular weight is 302 g/mol. The van der Waals surface area contributed by atoms with Crippen LogP contribution in [-0.4, -0.2) is 17.4 Å². The lowest BCUT2D eigenvalue weighted by Crippen LogP contribution is -2.29.